The Morgan fingerprint density at radius 1 is 1.07 bits per heavy atom. The van der Waals surface area contributed by atoms with Crippen molar-refractivity contribution >= 4 is 29.5 Å². The van der Waals surface area contributed by atoms with Gasteiger partial charge in [0.1, 0.15) is 6.10 Å². The minimum atomic E-state index is -0.993. The van der Waals surface area contributed by atoms with Gasteiger partial charge in [0, 0.05) is 5.92 Å². The molecule has 4 N–H and O–H groups in total. The van der Waals surface area contributed by atoms with E-state index in [-0.39, 0.29) is 35.5 Å². The van der Waals surface area contributed by atoms with Gasteiger partial charge in [-0.05, 0) is 87.7 Å². The summed E-state index contributed by atoms with van der Waals surface area (Å²) < 4.78 is 5.54. The molecule has 0 aromatic heterocycles. The van der Waals surface area contributed by atoms with Gasteiger partial charge in [0.05, 0.1) is 12.1 Å². The Hall–Kier alpha value is -3.23. The SMILES string of the molecule is C=CC1=C(/C=C\C)CC(C(NC(=O)OC2CCCC2C)C(C)=O)C1.CCCCC(C)C(=O)NC(CC(C)C)C(=O)C(N)=O. The summed E-state index contributed by atoms with van der Waals surface area (Å²) in [6, 6.07) is -1.30. The molecule has 0 radical (unpaired) electrons. The minimum absolute atomic E-state index is 0.0263. The van der Waals surface area contributed by atoms with E-state index in [9.17, 15) is 24.0 Å². The van der Waals surface area contributed by atoms with Crippen LogP contribution >= 0.6 is 0 Å². The number of ether oxygens (including phenoxy) is 1. The number of hydrogen-bond donors (Lipinski definition) is 3. The van der Waals surface area contributed by atoms with E-state index in [1.807, 2.05) is 39.8 Å². The Balaban J connectivity index is 0.000000444. The first kappa shape index (κ1) is 37.8. The van der Waals surface area contributed by atoms with Gasteiger partial charge in [-0.15, -0.1) is 0 Å². The maximum absolute atomic E-state index is 12.2. The van der Waals surface area contributed by atoms with Gasteiger partial charge in [-0.2, -0.15) is 0 Å². The van der Waals surface area contributed by atoms with E-state index in [1.165, 1.54) is 12.5 Å². The van der Waals surface area contributed by atoms with E-state index >= 15 is 0 Å². The van der Waals surface area contributed by atoms with Gasteiger partial charge in [-0.25, -0.2) is 4.79 Å². The third-order valence-corrected chi connectivity index (χ3v) is 8.24. The fourth-order valence-electron chi connectivity index (χ4n) is 5.69. The van der Waals surface area contributed by atoms with Crippen LogP contribution in [0.3, 0.4) is 0 Å². The zero-order valence-electron chi connectivity index (χ0n) is 27.4. The second-order valence-electron chi connectivity index (χ2n) is 12.5. The Morgan fingerprint density at radius 2 is 1.72 bits per heavy atom. The fraction of sp³-hybridized carbons (Fsp3) is 0.676. The van der Waals surface area contributed by atoms with Gasteiger partial charge in [0.15, 0.2) is 5.78 Å². The number of primary amides is 1. The van der Waals surface area contributed by atoms with Crippen molar-refractivity contribution in [3.05, 3.63) is 36.0 Å². The molecule has 242 valence electrons. The van der Waals surface area contributed by atoms with Crippen LogP contribution in [-0.2, 0) is 23.9 Å². The molecule has 0 heterocycles. The molecule has 2 aliphatic rings. The molecule has 0 bridgehead atoms. The molecule has 2 rings (SSSR count). The monoisotopic (exact) mass is 601 g/mol. The number of alkyl carbamates (subject to hydrolysis) is 1. The topological polar surface area (TPSA) is 145 Å². The number of carbonyl (C=O) groups is 5. The highest BCUT2D eigenvalue weighted by atomic mass is 16.6. The number of nitrogens with two attached hydrogens (primary N) is 1. The third-order valence-electron chi connectivity index (χ3n) is 8.24. The molecule has 3 amide bonds. The van der Waals surface area contributed by atoms with Gasteiger partial charge >= 0.3 is 6.09 Å². The number of amides is 3. The Kier molecular flexibility index (Phi) is 16.8. The molecule has 0 saturated heterocycles. The van der Waals surface area contributed by atoms with Crippen LogP contribution in [0, 0.1) is 23.7 Å². The lowest BCUT2D eigenvalue weighted by Gasteiger charge is -2.24. The van der Waals surface area contributed by atoms with Crippen molar-refractivity contribution in [2.45, 2.75) is 124 Å². The summed E-state index contributed by atoms with van der Waals surface area (Å²) in [5.41, 5.74) is 7.36. The molecule has 43 heavy (non-hydrogen) atoms. The van der Waals surface area contributed by atoms with Crippen LogP contribution < -0.4 is 16.4 Å². The fourth-order valence-corrected chi connectivity index (χ4v) is 5.69. The Morgan fingerprint density at radius 3 is 2.21 bits per heavy atom. The average molecular weight is 602 g/mol. The zero-order chi connectivity index (χ0) is 32.7. The van der Waals surface area contributed by atoms with Crippen molar-refractivity contribution in [1.29, 1.82) is 0 Å². The predicted molar refractivity (Wildman–Crippen MR) is 170 cm³/mol. The van der Waals surface area contributed by atoms with Crippen LogP contribution in [0.5, 0.6) is 0 Å². The Labute approximate surface area is 258 Å². The van der Waals surface area contributed by atoms with Crippen molar-refractivity contribution in [1.82, 2.24) is 10.6 Å². The number of ketones is 2. The molecule has 6 atom stereocenters. The van der Waals surface area contributed by atoms with Gasteiger partial charge in [-0.1, -0.05) is 72.3 Å². The Bertz CT molecular complexity index is 1050. The first-order valence-electron chi connectivity index (χ1n) is 15.8. The molecule has 0 aromatic carbocycles. The second kappa shape index (κ2) is 19.1. The molecular weight excluding hydrogens is 546 g/mol. The van der Waals surface area contributed by atoms with Crippen molar-refractivity contribution in [3.63, 3.8) is 0 Å². The molecule has 9 heteroatoms. The number of rotatable bonds is 15. The van der Waals surface area contributed by atoms with Crippen LogP contribution in [0.15, 0.2) is 36.0 Å². The number of hydrogen-bond acceptors (Lipinski definition) is 6. The second-order valence-corrected chi connectivity index (χ2v) is 12.5. The minimum Gasteiger partial charge on any atom is -0.446 e. The summed E-state index contributed by atoms with van der Waals surface area (Å²) in [5, 5.41) is 5.47. The van der Waals surface area contributed by atoms with E-state index in [0.29, 0.717) is 12.3 Å². The first-order chi connectivity index (χ1) is 20.2. The quantitative estimate of drug-likeness (QED) is 0.205. The number of carbonyl (C=O) groups excluding carboxylic acids is 5. The largest absolute Gasteiger partial charge is 0.446 e. The average Bonchev–Trinajstić information content (AvgIpc) is 3.54. The number of allylic oxidation sites excluding steroid dienone is 5. The smallest absolute Gasteiger partial charge is 0.408 e. The highest BCUT2D eigenvalue weighted by Gasteiger charge is 2.34. The van der Waals surface area contributed by atoms with E-state index < -0.39 is 29.9 Å². The van der Waals surface area contributed by atoms with Crippen molar-refractivity contribution in [2.75, 3.05) is 0 Å². The molecule has 0 aliphatic heterocycles. The van der Waals surface area contributed by atoms with Crippen molar-refractivity contribution in [3.8, 4) is 0 Å². The van der Waals surface area contributed by atoms with Gasteiger partial charge in [-0.3, -0.25) is 19.2 Å². The lowest BCUT2D eigenvalue weighted by molar-refractivity contribution is -0.139. The van der Waals surface area contributed by atoms with Crippen molar-refractivity contribution < 1.29 is 28.7 Å². The van der Waals surface area contributed by atoms with Gasteiger partial charge in [0.2, 0.25) is 11.7 Å². The highest BCUT2D eigenvalue weighted by molar-refractivity contribution is 6.37. The van der Waals surface area contributed by atoms with Gasteiger partial charge in [0.25, 0.3) is 5.91 Å². The molecule has 2 aliphatic carbocycles. The molecule has 1 saturated carbocycles. The maximum Gasteiger partial charge on any atom is 0.408 e. The van der Waals surface area contributed by atoms with E-state index in [2.05, 4.69) is 37.1 Å². The molecular formula is C34H55N3O6. The standard InChI is InChI=1S/C20H29NO3.C14H26N2O3/c1-5-8-16-12-17(11-15(16)6-2)19(14(4)22)21-20(23)24-18-10-7-9-13(18)3;1-5-6-7-10(4)14(19)16-11(8-9(2)3)12(17)13(15)18/h5-6,8,13,17-19H,2,7,9-12H2,1,3-4H3,(H,21,23);9-11H,5-8H2,1-4H3,(H2,15,18)(H,16,19)/b8-5-;. The zero-order valence-corrected chi connectivity index (χ0v) is 27.4. The summed E-state index contributed by atoms with van der Waals surface area (Å²) in [5.74, 6) is -1.43. The van der Waals surface area contributed by atoms with Crippen LogP contribution in [0.25, 0.3) is 0 Å². The molecule has 6 unspecified atom stereocenters. The van der Waals surface area contributed by atoms with Crippen molar-refractivity contribution in [2.24, 2.45) is 29.4 Å². The van der Waals surface area contributed by atoms with Crippen LogP contribution in [-0.4, -0.2) is 47.7 Å². The maximum atomic E-state index is 12.2. The predicted octanol–water partition coefficient (Wildman–Crippen LogP) is 5.73. The molecule has 0 aromatic rings. The van der Waals surface area contributed by atoms with Crippen LogP contribution in [0.4, 0.5) is 4.79 Å². The van der Waals surface area contributed by atoms with E-state index in [0.717, 1.165) is 56.9 Å². The highest BCUT2D eigenvalue weighted by Crippen LogP contribution is 2.35. The molecule has 0 spiro atoms. The molecule has 1 fully saturated rings. The summed E-state index contributed by atoms with van der Waals surface area (Å²) >= 11 is 0. The third kappa shape index (κ3) is 12.9. The number of Topliss-reactive ketones (excluding diaryl/α,β-unsaturated/α-hetero) is 2. The summed E-state index contributed by atoms with van der Waals surface area (Å²) in [6.45, 7) is 17.2. The summed E-state index contributed by atoms with van der Waals surface area (Å²) in [4.78, 5) is 58.9. The molecule has 9 nitrogen and oxygen atoms in total. The lowest BCUT2D eigenvalue weighted by atomic mass is 9.92. The lowest BCUT2D eigenvalue weighted by Crippen LogP contribution is -2.48. The van der Waals surface area contributed by atoms with Crippen LogP contribution in [0.2, 0.25) is 0 Å². The first-order valence-corrected chi connectivity index (χ1v) is 15.8. The van der Waals surface area contributed by atoms with E-state index in [1.54, 1.807) is 0 Å². The summed E-state index contributed by atoms with van der Waals surface area (Å²) in [7, 11) is 0. The number of unbranched alkanes of at least 4 members (excludes halogenated alkanes) is 1. The van der Waals surface area contributed by atoms with Crippen LogP contribution in [0.1, 0.15) is 106 Å². The van der Waals surface area contributed by atoms with E-state index in [4.69, 9.17) is 10.5 Å². The summed E-state index contributed by atoms with van der Waals surface area (Å²) in [6.07, 6.45) is 13.2. The normalized spacial score (nSPS) is 21.9. The number of nitrogens with one attached hydrogen (secondary N) is 2. The van der Waals surface area contributed by atoms with Gasteiger partial charge < -0.3 is 21.1 Å².